The number of thioether (sulfide) groups is 1. The number of rotatable bonds is 5. The third kappa shape index (κ3) is 2.65. The van der Waals surface area contributed by atoms with Crippen LogP contribution in [0.15, 0.2) is 34.2 Å². The van der Waals surface area contributed by atoms with Crippen LogP contribution in [0.2, 0.25) is 0 Å². The van der Waals surface area contributed by atoms with Gasteiger partial charge in [-0.05, 0) is 35.4 Å². The highest BCUT2D eigenvalue weighted by atomic mass is 32.2. The topological polar surface area (TPSA) is 102 Å². The Morgan fingerprint density at radius 1 is 1.33 bits per heavy atom. The van der Waals surface area contributed by atoms with Crippen molar-refractivity contribution in [3.8, 4) is 6.07 Å². The van der Waals surface area contributed by atoms with Crippen LogP contribution in [0.3, 0.4) is 0 Å². The summed E-state index contributed by atoms with van der Waals surface area (Å²) in [6, 6.07) is 9.57. The van der Waals surface area contributed by atoms with E-state index in [0.717, 1.165) is 12.8 Å². The summed E-state index contributed by atoms with van der Waals surface area (Å²) >= 11 is 1.43. The van der Waals surface area contributed by atoms with Crippen LogP contribution in [0.25, 0.3) is 10.9 Å². The summed E-state index contributed by atoms with van der Waals surface area (Å²) in [7, 11) is 0. The number of nitrogens with zero attached hydrogens (tertiary/aromatic N) is 7. The summed E-state index contributed by atoms with van der Waals surface area (Å²) in [6.45, 7) is -0.0277. The average molecular weight is 339 g/mol. The average Bonchev–Trinajstić information content (AvgIpc) is 3.34. The van der Waals surface area contributed by atoms with Gasteiger partial charge in [0.1, 0.15) is 12.4 Å². The lowest BCUT2D eigenvalue weighted by molar-refractivity contribution is 0.565. The number of fused-ring (bicyclic) bond motifs is 1. The first kappa shape index (κ1) is 14.8. The quantitative estimate of drug-likeness (QED) is 0.649. The van der Waals surface area contributed by atoms with Gasteiger partial charge in [-0.1, -0.05) is 23.9 Å². The lowest BCUT2D eigenvalue weighted by Gasteiger charge is -2.10. The van der Waals surface area contributed by atoms with Crippen molar-refractivity contribution in [2.24, 2.45) is 0 Å². The minimum atomic E-state index is -0.195. The number of benzene rings is 1. The zero-order valence-electron chi connectivity index (χ0n) is 12.7. The summed E-state index contributed by atoms with van der Waals surface area (Å²) in [5, 5.41) is 22.0. The highest BCUT2D eigenvalue weighted by molar-refractivity contribution is 7.98. The van der Waals surface area contributed by atoms with E-state index in [9.17, 15) is 4.79 Å². The Balaban J connectivity index is 1.70. The predicted octanol–water partition coefficient (Wildman–Crippen LogP) is 1.53. The zero-order chi connectivity index (χ0) is 16.5. The minimum Gasteiger partial charge on any atom is -0.281 e. The highest BCUT2D eigenvalue weighted by Gasteiger charge is 2.28. The summed E-state index contributed by atoms with van der Waals surface area (Å²) in [6.07, 6.45) is 2.18. The van der Waals surface area contributed by atoms with Gasteiger partial charge in [-0.3, -0.25) is 9.36 Å². The van der Waals surface area contributed by atoms with Gasteiger partial charge in [-0.2, -0.15) is 5.26 Å². The van der Waals surface area contributed by atoms with E-state index in [1.54, 1.807) is 18.2 Å². The van der Waals surface area contributed by atoms with E-state index in [1.165, 1.54) is 16.3 Å². The van der Waals surface area contributed by atoms with Crippen molar-refractivity contribution in [2.45, 2.75) is 36.3 Å². The van der Waals surface area contributed by atoms with E-state index in [1.807, 2.05) is 16.8 Å². The molecule has 9 heteroatoms. The van der Waals surface area contributed by atoms with Crippen molar-refractivity contribution in [1.29, 1.82) is 5.26 Å². The lowest BCUT2D eigenvalue weighted by atomic mass is 10.2. The first-order chi connectivity index (χ1) is 11.8. The number of hydrogen-bond acceptors (Lipinski definition) is 7. The van der Waals surface area contributed by atoms with Crippen LogP contribution < -0.4 is 5.56 Å². The Morgan fingerprint density at radius 2 is 2.17 bits per heavy atom. The van der Waals surface area contributed by atoms with Gasteiger partial charge in [-0.15, -0.1) is 5.10 Å². The molecule has 8 nitrogen and oxygen atoms in total. The fourth-order valence-electron chi connectivity index (χ4n) is 2.52. The molecular formula is C15H13N7OS. The first-order valence-electron chi connectivity index (χ1n) is 7.54. The number of tetrazole rings is 1. The molecule has 0 spiro atoms. The van der Waals surface area contributed by atoms with Gasteiger partial charge < -0.3 is 0 Å². The molecule has 0 bridgehead atoms. The Kier molecular flexibility index (Phi) is 3.74. The van der Waals surface area contributed by atoms with Gasteiger partial charge in [0, 0.05) is 0 Å². The molecule has 4 rings (SSSR count). The number of nitriles is 1. The van der Waals surface area contributed by atoms with Gasteiger partial charge in [0.15, 0.2) is 0 Å². The Bertz CT molecular complexity index is 999. The Hall–Kier alpha value is -2.73. The summed E-state index contributed by atoms with van der Waals surface area (Å²) in [5.74, 6) is 0.977. The maximum absolute atomic E-state index is 12.6. The summed E-state index contributed by atoms with van der Waals surface area (Å²) in [5.41, 5.74) is 0.439. The lowest BCUT2D eigenvalue weighted by Crippen LogP contribution is -2.24. The van der Waals surface area contributed by atoms with Crippen LogP contribution in [0, 0.1) is 11.3 Å². The molecule has 1 aliphatic rings. The fraction of sp³-hybridized carbons (Fsp3) is 0.333. The number of para-hydroxylation sites is 1. The second-order valence-corrected chi connectivity index (χ2v) is 6.46. The zero-order valence-corrected chi connectivity index (χ0v) is 13.5. The standard InChI is InChI=1S/C15H13N7OS/c16-7-8-21-13(17-12-4-2-1-3-11(12)14(21)23)9-24-15-18-19-20-22(15)10-5-6-10/h1-4,10H,5-6,8-9H2. The second-order valence-electron chi connectivity index (χ2n) is 5.52. The van der Waals surface area contributed by atoms with Crippen LogP contribution in [0.1, 0.15) is 24.7 Å². The fourth-order valence-corrected chi connectivity index (χ4v) is 3.41. The van der Waals surface area contributed by atoms with Crippen molar-refractivity contribution >= 4 is 22.7 Å². The van der Waals surface area contributed by atoms with Crippen LogP contribution in [-0.4, -0.2) is 29.8 Å². The molecule has 120 valence electrons. The summed E-state index contributed by atoms with van der Waals surface area (Å²) in [4.78, 5) is 17.2. The molecule has 2 heterocycles. The molecule has 0 N–H and O–H groups in total. The van der Waals surface area contributed by atoms with Gasteiger partial charge in [-0.25, -0.2) is 9.67 Å². The Morgan fingerprint density at radius 3 is 2.96 bits per heavy atom. The number of aromatic nitrogens is 6. The van der Waals surface area contributed by atoms with E-state index >= 15 is 0 Å². The van der Waals surface area contributed by atoms with Crippen LogP contribution in [-0.2, 0) is 12.3 Å². The van der Waals surface area contributed by atoms with Crippen molar-refractivity contribution in [3.63, 3.8) is 0 Å². The smallest absolute Gasteiger partial charge is 0.262 e. The van der Waals surface area contributed by atoms with E-state index in [2.05, 4.69) is 20.5 Å². The molecule has 0 aliphatic heterocycles. The molecule has 1 aliphatic carbocycles. The van der Waals surface area contributed by atoms with E-state index < -0.39 is 0 Å². The van der Waals surface area contributed by atoms with Crippen molar-refractivity contribution in [3.05, 3.63) is 40.4 Å². The van der Waals surface area contributed by atoms with E-state index in [0.29, 0.717) is 33.7 Å². The molecular weight excluding hydrogens is 326 g/mol. The van der Waals surface area contributed by atoms with Crippen molar-refractivity contribution in [2.75, 3.05) is 0 Å². The third-order valence-electron chi connectivity index (χ3n) is 3.86. The SMILES string of the molecule is N#CCn1c(CSc2nnnn2C2CC2)nc2ccccc2c1=O. The molecule has 3 aromatic rings. The largest absolute Gasteiger partial charge is 0.281 e. The molecule has 1 aromatic carbocycles. The molecule has 0 atom stereocenters. The Labute approximate surface area is 141 Å². The van der Waals surface area contributed by atoms with E-state index in [4.69, 9.17) is 5.26 Å². The second kappa shape index (κ2) is 6.05. The van der Waals surface area contributed by atoms with Crippen LogP contribution >= 0.6 is 11.8 Å². The first-order valence-corrected chi connectivity index (χ1v) is 8.52. The normalized spacial score (nSPS) is 14.0. The molecule has 24 heavy (non-hydrogen) atoms. The predicted molar refractivity (Wildman–Crippen MR) is 87.3 cm³/mol. The van der Waals surface area contributed by atoms with Crippen LogP contribution in [0.4, 0.5) is 0 Å². The molecule has 1 fully saturated rings. The molecule has 0 amide bonds. The summed E-state index contributed by atoms with van der Waals surface area (Å²) < 4.78 is 3.24. The number of hydrogen-bond donors (Lipinski definition) is 0. The maximum atomic E-state index is 12.6. The monoisotopic (exact) mass is 339 g/mol. The van der Waals surface area contributed by atoms with Gasteiger partial charge in [0.25, 0.3) is 5.56 Å². The van der Waals surface area contributed by atoms with Gasteiger partial charge in [0.05, 0.1) is 28.8 Å². The molecule has 0 saturated heterocycles. The minimum absolute atomic E-state index is 0.0277. The molecule has 2 aromatic heterocycles. The molecule has 0 radical (unpaired) electrons. The highest BCUT2D eigenvalue weighted by Crippen LogP contribution is 2.36. The molecule has 0 unspecified atom stereocenters. The van der Waals surface area contributed by atoms with Crippen molar-refractivity contribution in [1.82, 2.24) is 29.8 Å². The maximum Gasteiger partial charge on any atom is 0.262 e. The molecule has 1 saturated carbocycles. The van der Waals surface area contributed by atoms with E-state index in [-0.39, 0.29) is 12.1 Å². The van der Waals surface area contributed by atoms with Crippen molar-refractivity contribution < 1.29 is 0 Å². The van der Waals surface area contributed by atoms with Crippen LogP contribution in [0.5, 0.6) is 0 Å². The van der Waals surface area contributed by atoms with Gasteiger partial charge in [0.2, 0.25) is 5.16 Å². The van der Waals surface area contributed by atoms with Gasteiger partial charge >= 0.3 is 0 Å². The third-order valence-corrected chi connectivity index (χ3v) is 4.78.